The Hall–Kier alpha value is -1.40. The van der Waals surface area contributed by atoms with E-state index >= 15 is 0 Å². The lowest BCUT2D eigenvalue weighted by atomic mass is 10.2. The molecule has 1 amide bonds. The van der Waals surface area contributed by atoms with Crippen LogP contribution >= 0.6 is 0 Å². The van der Waals surface area contributed by atoms with Crippen molar-refractivity contribution in [1.29, 1.82) is 0 Å². The standard InChI is InChI=1S/C13H20N4O2/c18-13(10-1-2-10)16-3-5-17-9-15-7-11(17)12-8-14-4-6-19-12/h7,9-10,12,14H,1-6,8H2,(H,16,18). The smallest absolute Gasteiger partial charge is 0.223 e. The summed E-state index contributed by atoms with van der Waals surface area (Å²) in [4.78, 5) is 15.7. The molecule has 1 aromatic heterocycles. The first-order valence-electron chi connectivity index (χ1n) is 6.94. The molecule has 0 bridgehead atoms. The Balaban J connectivity index is 1.52. The number of morpholine rings is 1. The summed E-state index contributed by atoms with van der Waals surface area (Å²) >= 11 is 0. The topological polar surface area (TPSA) is 68.2 Å². The van der Waals surface area contributed by atoms with Gasteiger partial charge in [0, 0.05) is 32.1 Å². The Bertz CT molecular complexity index is 436. The second-order valence-corrected chi connectivity index (χ2v) is 5.14. The maximum Gasteiger partial charge on any atom is 0.223 e. The van der Waals surface area contributed by atoms with Crippen LogP contribution in [0.5, 0.6) is 0 Å². The van der Waals surface area contributed by atoms with E-state index in [1.54, 1.807) is 6.33 Å². The van der Waals surface area contributed by atoms with E-state index in [0.717, 1.165) is 44.8 Å². The highest BCUT2D eigenvalue weighted by molar-refractivity contribution is 5.80. The number of hydrogen-bond acceptors (Lipinski definition) is 4. The predicted molar refractivity (Wildman–Crippen MR) is 69.5 cm³/mol. The highest BCUT2D eigenvalue weighted by Gasteiger charge is 2.29. The molecule has 2 aliphatic rings. The Kier molecular flexibility index (Phi) is 3.79. The zero-order valence-corrected chi connectivity index (χ0v) is 11.0. The zero-order chi connectivity index (χ0) is 13.1. The monoisotopic (exact) mass is 264 g/mol. The summed E-state index contributed by atoms with van der Waals surface area (Å²) in [6, 6.07) is 0. The normalized spacial score (nSPS) is 23.3. The fourth-order valence-corrected chi connectivity index (χ4v) is 2.33. The lowest BCUT2D eigenvalue weighted by molar-refractivity contribution is -0.122. The first-order chi connectivity index (χ1) is 9.34. The summed E-state index contributed by atoms with van der Waals surface area (Å²) in [6.07, 6.45) is 5.81. The van der Waals surface area contributed by atoms with Gasteiger partial charge in [0.25, 0.3) is 0 Å². The molecule has 104 valence electrons. The Labute approximate surface area is 112 Å². The third-order valence-electron chi connectivity index (χ3n) is 3.60. The molecule has 2 N–H and O–H groups in total. The number of ether oxygens (including phenoxy) is 1. The van der Waals surface area contributed by atoms with E-state index in [1.807, 2.05) is 6.20 Å². The van der Waals surface area contributed by atoms with Crippen molar-refractivity contribution in [1.82, 2.24) is 20.2 Å². The molecule has 3 rings (SSSR count). The van der Waals surface area contributed by atoms with Gasteiger partial charge in [0.15, 0.2) is 0 Å². The average Bonchev–Trinajstić information content (AvgIpc) is 3.20. The lowest BCUT2D eigenvalue weighted by Crippen LogP contribution is -2.35. The van der Waals surface area contributed by atoms with Gasteiger partial charge in [-0.1, -0.05) is 0 Å². The molecule has 0 spiro atoms. The molecule has 1 aliphatic carbocycles. The van der Waals surface area contributed by atoms with Crippen LogP contribution in [0.2, 0.25) is 0 Å². The maximum atomic E-state index is 11.5. The van der Waals surface area contributed by atoms with Crippen molar-refractivity contribution in [3.05, 3.63) is 18.2 Å². The third-order valence-corrected chi connectivity index (χ3v) is 3.60. The molecule has 19 heavy (non-hydrogen) atoms. The summed E-state index contributed by atoms with van der Waals surface area (Å²) in [6.45, 7) is 3.85. The van der Waals surface area contributed by atoms with Gasteiger partial charge in [-0.15, -0.1) is 0 Å². The van der Waals surface area contributed by atoms with Crippen LogP contribution in [0.3, 0.4) is 0 Å². The molecule has 6 heteroatoms. The van der Waals surface area contributed by atoms with Crippen LogP contribution < -0.4 is 10.6 Å². The summed E-state index contributed by atoms with van der Waals surface area (Å²) < 4.78 is 7.79. The average molecular weight is 264 g/mol. The summed E-state index contributed by atoms with van der Waals surface area (Å²) in [5.74, 6) is 0.463. The van der Waals surface area contributed by atoms with Crippen molar-refractivity contribution < 1.29 is 9.53 Å². The number of aromatic nitrogens is 2. The molecule has 1 saturated heterocycles. The van der Waals surface area contributed by atoms with Gasteiger partial charge in [0.1, 0.15) is 6.10 Å². The first-order valence-corrected chi connectivity index (χ1v) is 6.94. The van der Waals surface area contributed by atoms with Crippen molar-refractivity contribution in [2.24, 2.45) is 5.92 Å². The van der Waals surface area contributed by atoms with E-state index in [-0.39, 0.29) is 17.9 Å². The number of rotatable bonds is 5. The van der Waals surface area contributed by atoms with Gasteiger partial charge >= 0.3 is 0 Å². The summed E-state index contributed by atoms with van der Waals surface area (Å²) in [7, 11) is 0. The molecule has 1 atom stereocenters. The molecule has 1 unspecified atom stereocenters. The molecule has 1 aliphatic heterocycles. The van der Waals surface area contributed by atoms with E-state index in [0.29, 0.717) is 6.54 Å². The summed E-state index contributed by atoms with van der Waals surface area (Å²) in [5, 5.41) is 6.28. The fraction of sp³-hybridized carbons (Fsp3) is 0.692. The summed E-state index contributed by atoms with van der Waals surface area (Å²) in [5.41, 5.74) is 1.08. The van der Waals surface area contributed by atoms with Gasteiger partial charge < -0.3 is 19.9 Å². The molecule has 2 fully saturated rings. The van der Waals surface area contributed by atoms with Gasteiger partial charge in [0.2, 0.25) is 5.91 Å². The SMILES string of the molecule is O=C(NCCn1cncc1C1CNCCO1)C1CC1. The molecule has 0 aromatic carbocycles. The number of carbonyl (C=O) groups is 1. The molecule has 1 saturated carbocycles. The Morgan fingerprint density at radius 3 is 3.21 bits per heavy atom. The number of nitrogens with zero attached hydrogens (tertiary/aromatic N) is 2. The van der Waals surface area contributed by atoms with Crippen LogP contribution in [0.15, 0.2) is 12.5 Å². The Morgan fingerprint density at radius 2 is 2.47 bits per heavy atom. The van der Waals surface area contributed by atoms with Gasteiger partial charge in [-0.25, -0.2) is 4.98 Å². The minimum Gasteiger partial charge on any atom is -0.369 e. The third kappa shape index (κ3) is 3.13. The number of imidazole rings is 1. The first kappa shape index (κ1) is 12.6. The highest BCUT2D eigenvalue weighted by atomic mass is 16.5. The van der Waals surface area contributed by atoms with Gasteiger partial charge in [-0.3, -0.25) is 4.79 Å². The van der Waals surface area contributed by atoms with Gasteiger partial charge in [0.05, 0.1) is 24.8 Å². The van der Waals surface area contributed by atoms with Crippen molar-refractivity contribution in [3.8, 4) is 0 Å². The quantitative estimate of drug-likeness (QED) is 0.790. The van der Waals surface area contributed by atoms with E-state index in [2.05, 4.69) is 20.2 Å². The zero-order valence-electron chi connectivity index (χ0n) is 11.0. The number of carbonyl (C=O) groups excluding carboxylic acids is 1. The number of hydrogen-bond donors (Lipinski definition) is 2. The van der Waals surface area contributed by atoms with Crippen LogP contribution in [-0.4, -0.2) is 41.7 Å². The van der Waals surface area contributed by atoms with Crippen molar-refractivity contribution in [2.75, 3.05) is 26.2 Å². The van der Waals surface area contributed by atoms with E-state index < -0.39 is 0 Å². The van der Waals surface area contributed by atoms with Crippen LogP contribution in [0.1, 0.15) is 24.6 Å². The van der Waals surface area contributed by atoms with Crippen LogP contribution in [-0.2, 0) is 16.1 Å². The predicted octanol–water partition coefficient (Wildman–Crippen LogP) is 0.0702. The second kappa shape index (κ2) is 5.71. The highest BCUT2D eigenvalue weighted by Crippen LogP contribution is 2.28. The van der Waals surface area contributed by atoms with Gasteiger partial charge in [-0.05, 0) is 12.8 Å². The lowest BCUT2D eigenvalue weighted by Gasteiger charge is -2.24. The van der Waals surface area contributed by atoms with Crippen LogP contribution in [0, 0.1) is 5.92 Å². The minimum absolute atomic E-state index is 0.0652. The maximum absolute atomic E-state index is 11.5. The van der Waals surface area contributed by atoms with E-state index in [9.17, 15) is 4.79 Å². The molecular weight excluding hydrogens is 244 g/mol. The minimum atomic E-state index is 0.0652. The molecule has 0 radical (unpaired) electrons. The van der Waals surface area contributed by atoms with Crippen molar-refractivity contribution in [3.63, 3.8) is 0 Å². The molecule has 2 heterocycles. The van der Waals surface area contributed by atoms with Gasteiger partial charge in [-0.2, -0.15) is 0 Å². The van der Waals surface area contributed by atoms with Crippen molar-refractivity contribution >= 4 is 5.91 Å². The molecular formula is C13H20N4O2. The molecule has 1 aromatic rings. The van der Waals surface area contributed by atoms with Crippen LogP contribution in [0.25, 0.3) is 0 Å². The second-order valence-electron chi connectivity index (χ2n) is 5.14. The largest absolute Gasteiger partial charge is 0.369 e. The van der Waals surface area contributed by atoms with Crippen LogP contribution in [0.4, 0.5) is 0 Å². The van der Waals surface area contributed by atoms with E-state index in [1.165, 1.54) is 0 Å². The molecule has 6 nitrogen and oxygen atoms in total. The number of nitrogens with one attached hydrogen (secondary N) is 2. The Morgan fingerprint density at radius 1 is 1.58 bits per heavy atom. The van der Waals surface area contributed by atoms with E-state index in [4.69, 9.17) is 4.74 Å². The van der Waals surface area contributed by atoms with Crippen molar-refractivity contribution in [2.45, 2.75) is 25.5 Å². The fourth-order valence-electron chi connectivity index (χ4n) is 2.33. The number of amides is 1.